The normalized spacial score (nSPS) is 27.1. The standard InChI is InChI=1S/C9H15O2.C7H13O.Y/c1-2-4-8(5-3-1)10-6-9-7-11-9;1-8-7-5-3-2-4-6-7;/h1,8-9H,2-7H2;2,7H,3-6H2,1H3;/q2*-1;. The molecule has 0 amide bonds. The Kier molecular flexibility index (Phi) is 11.0. The Morgan fingerprint density at radius 2 is 1.45 bits per heavy atom. The van der Waals surface area contributed by atoms with Crippen LogP contribution in [-0.4, -0.2) is 38.6 Å². The van der Waals surface area contributed by atoms with Crippen LogP contribution >= 0.6 is 0 Å². The molecule has 1 unspecified atom stereocenters. The van der Waals surface area contributed by atoms with Crippen LogP contribution in [0.25, 0.3) is 0 Å². The SMILES string of the molecule is COC1CC[CH-]CC1.[CH-]1CCC(OCC2CO2)CC1.[Y]. The van der Waals surface area contributed by atoms with Gasteiger partial charge in [0, 0.05) is 39.8 Å². The van der Waals surface area contributed by atoms with Crippen molar-refractivity contribution in [1.82, 2.24) is 0 Å². The molecule has 0 aromatic carbocycles. The van der Waals surface area contributed by atoms with Crippen molar-refractivity contribution in [2.75, 3.05) is 20.3 Å². The molecule has 0 spiro atoms. The van der Waals surface area contributed by atoms with Gasteiger partial charge in [-0.05, 0) is 0 Å². The van der Waals surface area contributed by atoms with Crippen molar-refractivity contribution in [2.24, 2.45) is 0 Å². The summed E-state index contributed by atoms with van der Waals surface area (Å²) in [6.45, 7) is 1.74. The van der Waals surface area contributed by atoms with Gasteiger partial charge in [0.2, 0.25) is 0 Å². The summed E-state index contributed by atoms with van der Waals surface area (Å²) < 4.78 is 15.9. The molecule has 3 fully saturated rings. The van der Waals surface area contributed by atoms with Crippen molar-refractivity contribution >= 4 is 0 Å². The van der Waals surface area contributed by atoms with E-state index in [1.165, 1.54) is 51.4 Å². The maximum Gasteiger partial charge on any atom is 0.104 e. The van der Waals surface area contributed by atoms with E-state index in [0.717, 1.165) is 13.2 Å². The summed E-state index contributed by atoms with van der Waals surface area (Å²) in [5.74, 6) is 0. The van der Waals surface area contributed by atoms with E-state index in [4.69, 9.17) is 14.2 Å². The third-order valence-corrected chi connectivity index (χ3v) is 4.02. The van der Waals surface area contributed by atoms with Gasteiger partial charge in [0.1, 0.15) is 6.10 Å². The molecule has 3 rings (SSSR count). The van der Waals surface area contributed by atoms with Crippen LogP contribution in [0.1, 0.15) is 51.4 Å². The molecule has 4 heteroatoms. The van der Waals surface area contributed by atoms with Crippen molar-refractivity contribution in [2.45, 2.75) is 69.7 Å². The van der Waals surface area contributed by atoms with E-state index in [2.05, 4.69) is 12.8 Å². The van der Waals surface area contributed by atoms with Crippen LogP contribution in [0.5, 0.6) is 0 Å². The maximum absolute atomic E-state index is 5.66. The number of ether oxygens (including phenoxy) is 3. The summed E-state index contributed by atoms with van der Waals surface area (Å²) in [7, 11) is 1.80. The zero-order chi connectivity index (χ0) is 13.3. The molecule has 0 aromatic heterocycles. The first kappa shape index (κ1) is 19.0. The molecule has 2 aliphatic carbocycles. The van der Waals surface area contributed by atoms with Gasteiger partial charge in [-0.15, -0.1) is 0 Å². The molecule has 1 heterocycles. The zero-order valence-electron chi connectivity index (χ0n) is 12.8. The Morgan fingerprint density at radius 1 is 0.950 bits per heavy atom. The minimum atomic E-state index is 0. The van der Waals surface area contributed by atoms with Gasteiger partial charge in [-0.2, -0.15) is 25.7 Å². The van der Waals surface area contributed by atoms with Gasteiger partial charge >= 0.3 is 0 Å². The number of epoxide rings is 1. The van der Waals surface area contributed by atoms with Crippen LogP contribution in [-0.2, 0) is 46.9 Å². The average molecular weight is 357 g/mol. The van der Waals surface area contributed by atoms with E-state index in [0.29, 0.717) is 18.3 Å². The molecule has 0 bridgehead atoms. The predicted molar refractivity (Wildman–Crippen MR) is 75.8 cm³/mol. The van der Waals surface area contributed by atoms with Crippen molar-refractivity contribution in [3.05, 3.63) is 12.8 Å². The van der Waals surface area contributed by atoms with Gasteiger partial charge in [-0.1, -0.05) is 25.7 Å². The maximum atomic E-state index is 5.66. The number of hydrogen-bond donors (Lipinski definition) is 0. The number of methoxy groups -OCH3 is 1. The van der Waals surface area contributed by atoms with Crippen molar-refractivity contribution in [3.8, 4) is 0 Å². The predicted octanol–water partition coefficient (Wildman–Crippen LogP) is 3.33. The van der Waals surface area contributed by atoms with Crippen molar-refractivity contribution in [1.29, 1.82) is 0 Å². The molecule has 1 saturated heterocycles. The number of rotatable bonds is 4. The Labute approximate surface area is 149 Å². The molecular weight excluding hydrogens is 329 g/mol. The van der Waals surface area contributed by atoms with E-state index in [9.17, 15) is 0 Å². The Hall–Kier alpha value is 0.984. The molecule has 115 valence electrons. The second-order valence-electron chi connectivity index (χ2n) is 5.66. The van der Waals surface area contributed by atoms with E-state index in [1.54, 1.807) is 7.11 Å². The Morgan fingerprint density at radius 3 is 1.85 bits per heavy atom. The van der Waals surface area contributed by atoms with Gasteiger partial charge in [0.25, 0.3) is 0 Å². The van der Waals surface area contributed by atoms with E-state index < -0.39 is 0 Å². The fourth-order valence-corrected chi connectivity index (χ4v) is 2.60. The topological polar surface area (TPSA) is 31.0 Å². The molecule has 0 N–H and O–H groups in total. The van der Waals surface area contributed by atoms with E-state index in [1.807, 2.05) is 0 Å². The molecule has 3 nitrogen and oxygen atoms in total. The third-order valence-electron chi connectivity index (χ3n) is 4.02. The number of hydrogen-bond acceptors (Lipinski definition) is 3. The first-order valence-corrected chi connectivity index (χ1v) is 7.78. The smallest absolute Gasteiger partial charge is 0.104 e. The molecular formula is C16H28O3Y-2. The first-order valence-electron chi connectivity index (χ1n) is 7.78. The molecule has 20 heavy (non-hydrogen) atoms. The Bertz CT molecular complexity index is 222. The summed E-state index contributed by atoms with van der Waals surface area (Å²) in [4.78, 5) is 0. The summed E-state index contributed by atoms with van der Waals surface area (Å²) in [5.41, 5.74) is 0. The third kappa shape index (κ3) is 8.43. The van der Waals surface area contributed by atoms with Gasteiger partial charge in [-0.3, -0.25) is 0 Å². The molecule has 2 saturated carbocycles. The van der Waals surface area contributed by atoms with Crippen molar-refractivity contribution < 1.29 is 46.9 Å². The fourth-order valence-electron chi connectivity index (χ4n) is 2.60. The quantitative estimate of drug-likeness (QED) is 0.571. The van der Waals surface area contributed by atoms with Gasteiger partial charge in [-0.25, -0.2) is 0 Å². The second-order valence-corrected chi connectivity index (χ2v) is 5.66. The van der Waals surface area contributed by atoms with Crippen LogP contribution in [0, 0.1) is 12.8 Å². The molecule has 1 atom stereocenters. The first-order chi connectivity index (χ1) is 9.38. The molecule has 1 radical (unpaired) electrons. The second kappa shape index (κ2) is 11.5. The summed E-state index contributed by atoms with van der Waals surface area (Å²) in [6, 6.07) is 0. The molecule has 1 aliphatic heterocycles. The Balaban J connectivity index is 0.000000200. The largest absolute Gasteiger partial charge is 0.382 e. The van der Waals surface area contributed by atoms with Crippen LogP contribution in [0.15, 0.2) is 0 Å². The molecule has 0 aromatic rings. The van der Waals surface area contributed by atoms with Gasteiger partial charge in [0.15, 0.2) is 0 Å². The summed E-state index contributed by atoms with van der Waals surface area (Å²) >= 11 is 0. The summed E-state index contributed by atoms with van der Waals surface area (Å²) in [6.07, 6.45) is 16.1. The van der Waals surface area contributed by atoms with Gasteiger partial charge < -0.3 is 27.1 Å². The summed E-state index contributed by atoms with van der Waals surface area (Å²) in [5, 5.41) is 0. The van der Waals surface area contributed by atoms with E-state index >= 15 is 0 Å². The minimum absolute atomic E-state index is 0. The van der Waals surface area contributed by atoms with Crippen LogP contribution in [0.2, 0.25) is 0 Å². The molecule has 3 aliphatic rings. The average Bonchev–Trinajstić information content (AvgIpc) is 3.32. The van der Waals surface area contributed by atoms with E-state index in [-0.39, 0.29) is 32.7 Å². The van der Waals surface area contributed by atoms with Crippen molar-refractivity contribution in [3.63, 3.8) is 0 Å². The fraction of sp³-hybridized carbons (Fsp3) is 0.875. The van der Waals surface area contributed by atoms with Crippen LogP contribution in [0.4, 0.5) is 0 Å². The zero-order valence-corrected chi connectivity index (χ0v) is 15.6. The monoisotopic (exact) mass is 357 g/mol. The van der Waals surface area contributed by atoms with Crippen LogP contribution < -0.4 is 0 Å². The van der Waals surface area contributed by atoms with Crippen LogP contribution in [0.3, 0.4) is 0 Å². The van der Waals surface area contributed by atoms with Gasteiger partial charge in [0.05, 0.1) is 25.4 Å². The minimum Gasteiger partial charge on any atom is -0.382 e.